The monoisotopic (exact) mass is 300 g/mol. The van der Waals surface area contributed by atoms with E-state index in [4.69, 9.17) is 4.74 Å². The zero-order valence-electron chi connectivity index (χ0n) is 9.44. The maximum atomic E-state index is 10.9. The molecular weight excluding hydrogens is 288 g/mol. The molecule has 0 N–H and O–H groups in total. The number of hydrogen-bond donors (Lipinski definition) is 0. The quantitative estimate of drug-likeness (QED) is 0.460. The molecule has 0 fully saturated rings. The fourth-order valence-electron chi connectivity index (χ4n) is 1.24. The van der Waals surface area contributed by atoms with Crippen molar-refractivity contribution in [3.63, 3.8) is 0 Å². The number of carbonyl (C=O) groups excluding carboxylic acids is 2. The third-order valence-corrected chi connectivity index (χ3v) is 2.60. The van der Waals surface area contributed by atoms with E-state index in [9.17, 15) is 9.59 Å². The number of methoxy groups -OCH3 is 1. The minimum absolute atomic E-state index is 0.264. The largest absolute Gasteiger partial charge is 0.493 e. The maximum absolute atomic E-state index is 10.9. The van der Waals surface area contributed by atoms with Crippen molar-refractivity contribution in [3.05, 3.63) is 28.2 Å². The molecule has 1 aromatic carbocycles. The molecule has 0 aromatic heterocycles. The first-order valence-electron chi connectivity index (χ1n) is 5.11. The van der Waals surface area contributed by atoms with E-state index in [1.54, 1.807) is 18.2 Å². The van der Waals surface area contributed by atoms with Crippen LogP contribution in [-0.4, -0.2) is 26.0 Å². The van der Waals surface area contributed by atoms with E-state index in [0.717, 1.165) is 10.8 Å². The molecule has 0 saturated carbocycles. The fourth-order valence-corrected chi connectivity index (χ4v) is 1.62. The molecule has 0 aliphatic heterocycles. The Morgan fingerprint density at radius 1 is 1.47 bits per heavy atom. The van der Waals surface area contributed by atoms with Crippen molar-refractivity contribution >= 4 is 28.2 Å². The predicted molar refractivity (Wildman–Crippen MR) is 66.3 cm³/mol. The molecule has 0 amide bonds. The highest BCUT2D eigenvalue weighted by atomic mass is 79.9. The first kappa shape index (κ1) is 13.7. The molecule has 4 nitrogen and oxygen atoms in total. The number of aldehydes is 1. The number of ether oxygens (including phenoxy) is 2. The summed E-state index contributed by atoms with van der Waals surface area (Å²) in [4.78, 5) is 21.6. The van der Waals surface area contributed by atoms with Crippen LogP contribution in [0.2, 0.25) is 0 Å². The van der Waals surface area contributed by atoms with Gasteiger partial charge in [-0.25, -0.2) is 0 Å². The molecule has 0 radical (unpaired) electrons. The van der Waals surface area contributed by atoms with Gasteiger partial charge in [0.25, 0.3) is 0 Å². The summed E-state index contributed by atoms with van der Waals surface area (Å²) in [6.45, 7) is 0.373. The minimum Gasteiger partial charge on any atom is -0.493 e. The summed E-state index contributed by atoms with van der Waals surface area (Å²) in [5.41, 5.74) is 0.484. The summed E-state index contributed by atoms with van der Waals surface area (Å²) in [5, 5.41) is 0. The molecule has 0 aliphatic carbocycles. The Balaban J connectivity index is 2.46. The van der Waals surface area contributed by atoms with Gasteiger partial charge >= 0.3 is 5.97 Å². The third kappa shape index (κ3) is 4.56. The summed E-state index contributed by atoms with van der Waals surface area (Å²) < 4.78 is 10.7. The Hall–Kier alpha value is -1.36. The van der Waals surface area contributed by atoms with Crippen LogP contribution in [0.15, 0.2) is 22.7 Å². The molecule has 0 heterocycles. The number of hydrogen-bond acceptors (Lipinski definition) is 4. The fraction of sp³-hybridized carbons (Fsp3) is 0.333. The van der Waals surface area contributed by atoms with E-state index in [0.29, 0.717) is 30.8 Å². The number of carbonyl (C=O) groups is 2. The lowest BCUT2D eigenvalue weighted by atomic mass is 10.2. The predicted octanol–water partition coefficient (Wildman–Crippen LogP) is 2.59. The molecule has 0 unspecified atom stereocenters. The summed E-state index contributed by atoms with van der Waals surface area (Å²) in [6.07, 6.45) is 1.60. The first-order chi connectivity index (χ1) is 8.17. The number of rotatable bonds is 6. The zero-order chi connectivity index (χ0) is 12.7. The van der Waals surface area contributed by atoms with Crippen LogP contribution in [0.1, 0.15) is 23.2 Å². The average molecular weight is 301 g/mol. The zero-order valence-corrected chi connectivity index (χ0v) is 11.0. The molecule has 0 atom stereocenters. The van der Waals surface area contributed by atoms with E-state index >= 15 is 0 Å². The van der Waals surface area contributed by atoms with E-state index < -0.39 is 0 Å². The van der Waals surface area contributed by atoms with Crippen LogP contribution in [0.25, 0.3) is 0 Å². The molecule has 0 saturated heterocycles. The lowest BCUT2D eigenvalue weighted by molar-refractivity contribution is -0.140. The number of benzene rings is 1. The highest BCUT2D eigenvalue weighted by Crippen LogP contribution is 2.21. The van der Waals surface area contributed by atoms with E-state index in [2.05, 4.69) is 20.7 Å². The molecule has 17 heavy (non-hydrogen) atoms. The molecule has 0 spiro atoms. The highest BCUT2D eigenvalue weighted by Gasteiger charge is 2.04. The lowest BCUT2D eigenvalue weighted by Gasteiger charge is -2.08. The maximum Gasteiger partial charge on any atom is 0.305 e. The average Bonchev–Trinajstić information content (AvgIpc) is 2.35. The second kappa shape index (κ2) is 7.06. The Labute approximate surface area is 108 Å². The van der Waals surface area contributed by atoms with Gasteiger partial charge in [0.2, 0.25) is 0 Å². The van der Waals surface area contributed by atoms with Crippen LogP contribution < -0.4 is 4.74 Å². The number of halogens is 1. The first-order valence-corrected chi connectivity index (χ1v) is 5.91. The van der Waals surface area contributed by atoms with Crippen LogP contribution >= 0.6 is 15.9 Å². The minimum atomic E-state index is -0.264. The van der Waals surface area contributed by atoms with Gasteiger partial charge in [0.05, 0.1) is 19.3 Å². The van der Waals surface area contributed by atoms with Crippen molar-refractivity contribution < 1.29 is 19.1 Å². The topological polar surface area (TPSA) is 52.6 Å². The summed E-state index contributed by atoms with van der Waals surface area (Å²) >= 11 is 3.27. The van der Waals surface area contributed by atoms with Gasteiger partial charge in [-0.2, -0.15) is 0 Å². The van der Waals surface area contributed by atoms with Crippen LogP contribution in [0, 0.1) is 0 Å². The Kier molecular flexibility index (Phi) is 5.69. The Morgan fingerprint density at radius 3 is 2.88 bits per heavy atom. The molecule has 92 valence electrons. The molecule has 1 rings (SSSR count). The molecule has 0 bridgehead atoms. The summed E-state index contributed by atoms with van der Waals surface area (Å²) in [5.74, 6) is 0.257. The van der Waals surface area contributed by atoms with E-state index in [1.165, 1.54) is 7.11 Å². The van der Waals surface area contributed by atoms with Crippen molar-refractivity contribution in [2.75, 3.05) is 13.7 Å². The SMILES string of the molecule is COC(=O)CCCOc1ccc(Br)cc1C=O. The van der Waals surface area contributed by atoms with Gasteiger partial charge in [0.1, 0.15) is 5.75 Å². The van der Waals surface area contributed by atoms with Gasteiger partial charge in [0, 0.05) is 10.9 Å². The van der Waals surface area contributed by atoms with Gasteiger partial charge in [-0.05, 0) is 24.6 Å². The Bertz CT molecular complexity index is 403. The number of esters is 1. The van der Waals surface area contributed by atoms with Crippen molar-refractivity contribution in [2.24, 2.45) is 0 Å². The van der Waals surface area contributed by atoms with Gasteiger partial charge in [0.15, 0.2) is 6.29 Å². The van der Waals surface area contributed by atoms with Crippen molar-refractivity contribution in [1.82, 2.24) is 0 Å². The molecule has 1 aromatic rings. The standard InChI is InChI=1S/C12H13BrO4/c1-16-12(15)3-2-6-17-11-5-4-10(13)7-9(11)8-14/h4-5,7-8H,2-3,6H2,1H3. The van der Waals surface area contributed by atoms with Crippen molar-refractivity contribution in [2.45, 2.75) is 12.8 Å². The van der Waals surface area contributed by atoms with Crippen molar-refractivity contribution in [3.8, 4) is 5.75 Å². The highest BCUT2D eigenvalue weighted by molar-refractivity contribution is 9.10. The molecule has 0 aliphatic rings. The van der Waals surface area contributed by atoms with Gasteiger partial charge < -0.3 is 9.47 Å². The summed E-state index contributed by atoms with van der Waals surface area (Å²) in [7, 11) is 1.35. The molecule has 5 heteroatoms. The van der Waals surface area contributed by atoms with E-state index in [1.807, 2.05) is 0 Å². The van der Waals surface area contributed by atoms with Crippen LogP contribution in [-0.2, 0) is 9.53 Å². The third-order valence-electron chi connectivity index (χ3n) is 2.11. The lowest BCUT2D eigenvalue weighted by Crippen LogP contribution is -2.05. The summed E-state index contributed by atoms with van der Waals surface area (Å²) in [6, 6.07) is 5.19. The van der Waals surface area contributed by atoms with Crippen molar-refractivity contribution in [1.29, 1.82) is 0 Å². The van der Waals surface area contributed by atoms with E-state index in [-0.39, 0.29) is 5.97 Å². The van der Waals surface area contributed by atoms with Gasteiger partial charge in [-0.1, -0.05) is 15.9 Å². The Morgan fingerprint density at radius 2 is 2.24 bits per heavy atom. The van der Waals surface area contributed by atoms with Gasteiger partial charge in [-0.15, -0.1) is 0 Å². The molecular formula is C12H13BrO4. The van der Waals surface area contributed by atoms with Gasteiger partial charge in [-0.3, -0.25) is 9.59 Å². The smallest absolute Gasteiger partial charge is 0.305 e. The van der Waals surface area contributed by atoms with Crippen LogP contribution in [0.5, 0.6) is 5.75 Å². The van der Waals surface area contributed by atoms with Crippen LogP contribution in [0.3, 0.4) is 0 Å². The normalized spacial score (nSPS) is 9.76. The van der Waals surface area contributed by atoms with Crippen LogP contribution in [0.4, 0.5) is 0 Å². The second-order valence-electron chi connectivity index (χ2n) is 3.33. The second-order valence-corrected chi connectivity index (χ2v) is 4.24.